The smallest absolute Gasteiger partial charge is 0.475 e. The highest BCUT2D eigenvalue weighted by Crippen LogP contribution is 2.25. The fourth-order valence-corrected chi connectivity index (χ4v) is 4.04. The summed E-state index contributed by atoms with van der Waals surface area (Å²) in [5.41, 5.74) is 1.17. The number of anilines is 1. The molecule has 1 aromatic heterocycles. The monoisotopic (exact) mass is 617 g/mol. The number of carboxylic acids is 1. The summed E-state index contributed by atoms with van der Waals surface area (Å²) in [6.45, 7) is 3.74. The number of aromatic nitrogens is 2. The van der Waals surface area contributed by atoms with Crippen molar-refractivity contribution in [3.8, 4) is 11.5 Å². The third-order valence-corrected chi connectivity index (χ3v) is 6.10. The summed E-state index contributed by atoms with van der Waals surface area (Å²) in [4.78, 5) is 25.6. The van der Waals surface area contributed by atoms with E-state index in [4.69, 9.17) is 26.2 Å². The van der Waals surface area contributed by atoms with Crippen LogP contribution in [-0.2, 0) is 18.4 Å². The number of benzene rings is 2. The number of carboxylic acid groups (broad SMARTS) is 1. The Morgan fingerprint density at radius 3 is 2.29 bits per heavy atom. The Bertz CT molecular complexity index is 1250. The van der Waals surface area contributed by atoms with E-state index < -0.39 is 12.1 Å². The van der Waals surface area contributed by atoms with Gasteiger partial charge in [-0.15, -0.1) is 0 Å². The van der Waals surface area contributed by atoms with Crippen LogP contribution in [0.5, 0.6) is 11.5 Å². The van der Waals surface area contributed by atoms with Gasteiger partial charge in [-0.3, -0.25) is 14.9 Å². The molecule has 9 nitrogen and oxygen atoms in total. The molecule has 1 aliphatic rings. The summed E-state index contributed by atoms with van der Waals surface area (Å²) < 4.78 is 40.1. The molecule has 3 aromatic rings. The number of nitrogens with zero attached hydrogens (tertiary/aromatic N) is 4. The van der Waals surface area contributed by atoms with E-state index in [2.05, 4.69) is 37.3 Å². The van der Waals surface area contributed by atoms with E-state index in [1.54, 1.807) is 10.9 Å². The van der Waals surface area contributed by atoms with Gasteiger partial charge in [0.1, 0.15) is 11.5 Å². The Kier molecular flexibility index (Phi) is 10.00. The molecule has 204 valence electrons. The average molecular weight is 619 g/mol. The molecule has 2 N–H and O–H groups in total. The maximum absolute atomic E-state index is 12.5. The molecule has 1 aliphatic heterocycles. The number of ether oxygens (including phenoxy) is 1. The molecule has 1 saturated heterocycles. The summed E-state index contributed by atoms with van der Waals surface area (Å²) in [6, 6.07) is 15.3. The number of nitrogens with one attached hydrogen (secondary N) is 1. The van der Waals surface area contributed by atoms with Crippen molar-refractivity contribution >= 4 is 45.3 Å². The van der Waals surface area contributed by atoms with Gasteiger partial charge in [-0.25, -0.2) is 9.59 Å². The molecule has 0 spiro atoms. The van der Waals surface area contributed by atoms with Gasteiger partial charge in [0.05, 0.1) is 4.47 Å². The second kappa shape index (κ2) is 13.0. The van der Waals surface area contributed by atoms with E-state index in [0.717, 1.165) is 35.6 Å². The van der Waals surface area contributed by atoms with Crippen LogP contribution in [0, 0.1) is 0 Å². The van der Waals surface area contributed by atoms with Crippen molar-refractivity contribution < 1.29 is 32.6 Å². The van der Waals surface area contributed by atoms with E-state index in [9.17, 15) is 18.0 Å². The molecule has 14 heteroatoms. The number of rotatable bonds is 5. The number of hydrogen-bond donors (Lipinski definition) is 2. The maximum Gasteiger partial charge on any atom is 0.490 e. The summed E-state index contributed by atoms with van der Waals surface area (Å²) >= 11 is 9.34. The quantitative estimate of drug-likeness (QED) is 0.386. The molecule has 38 heavy (non-hydrogen) atoms. The van der Waals surface area contributed by atoms with Crippen molar-refractivity contribution in [2.75, 3.05) is 31.5 Å². The predicted molar refractivity (Wildman–Crippen MR) is 138 cm³/mol. The first kappa shape index (κ1) is 29.3. The maximum atomic E-state index is 12.5. The number of carbonyl (C=O) groups is 2. The molecule has 0 bridgehead atoms. The van der Waals surface area contributed by atoms with Gasteiger partial charge in [0, 0.05) is 51.0 Å². The number of halogens is 5. The molecule has 0 radical (unpaired) electrons. The third kappa shape index (κ3) is 8.92. The zero-order valence-corrected chi connectivity index (χ0v) is 22.4. The number of aliphatic carboxylic acids is 1. The second-order valence-corrected chi connectivity index (χ2v) is 9.49. The van der Waals surface area contributed by atoms with E-state index in [1.165, 1.54) is 5.56 Å². The number of carbonyl (C=O) groups excluding carboxylic acids is 1. The Balaban J connectivity index is 0.000000505. The first-order valence-corrected chi connectivity index (χ1v) is 12.4. The summed E-state index contributed by atoms with van der Waals surface area (Å²) in [7, 11) is 1.81. The standard InChI is InChI=1S/C22H23BrClN5O2.C2HF3O2/c1-27-15-20(23)21(26-27)25-22(30)29-11-9-28(10-12-29)14-16-3-2-4-19(13-16)31-18-7-5-17(24)6-8-18;3-2(4,5)1(6)7/h2-8,13,15H,9-12,14H2,1H3,(H,25,26,30);(H,6,7). The lowest BCUT2D eigenvalue weighted by Gasteiger charge is -2.34. The van der Waals surface area contributed by atoms with Gasteiger partial charge in [-0.05, 0) is 57.9 Å². The van der Waals surface area contributed by atoms with Crippen LogP contribution < -0.4 is 10.1 Å². The first-order valence-electron chi connectivity index (χ1n) is 11.2. The van der Waals surface area contributed by atoms with Crippen molar-refractivity contribution in [2.24, 2.45) is 7.05 Å². The third-order valence-electron chi connectivity index (χ3n) is 5.27. The van der Waals surface area contributed by atoms with Gasteiger partial charge in [0.2, 0.25) is 0 Å². The van der Waals surface area contributed by atoms with Gasteiger partial charge < -0.3 is 14.7 Å². The second-order valence-electron chi connectivity index (χ2n) is 8.20. The number of amides is 2. The number of piperazine rings is 1. The topological polar surface area (TPSA) is 99.9 Å². The molecule has 1 fully saturated rings. The first-order chi connectivity index (χ1) is 17.9. The number of alkyl halides is 3. The van der Waals surface area contributed by atoms with Crippen LogP contribution in [0.15, 0.2) is 59.2 Å². The Hall–Kier alpha value is -3.29. The average Bonchev–Trinajstić information content (AvgIpc) is 3.17. The summed E-state index contributed by atoms with van der Waals surface area (Å²) in [5.74, 6) is -0.681. The highest BCUT2D eigenvalue weighted by atomic mass is 79.9. The Morgan fingerprint density at radius 2 is 1.74 bits per heavy atom. The number of aryl methyl sites for hydroxylation is 1. The molecule has 4 rings (SSSR count). The van der Waals surface area contributed by atoms with Crippen molar-refractivity contribution in [1.29, 1.82) is 0 Å². The normalized spacial score (nSPS) is 13.9. The highest BCUT2D eigenvalue weighted by Gasteiger charge is 2.38. The molecule has 0 unspecified atom stereocenters. The van der Waals surface area contributed by atoms with Gasteiger partial charge >= 0.3 is 18.2 Å². The van der Waals surface area contributed by atoms with Crippen LogP contribution in [-0.4, -0.2) is 69.0 Å². The Labute approximate surface area is 229 Å². The van der Waals surface area contributed by atoms with Crippen LogP contribution in [0.25, 0.3) is 0 Å². The van der Waals surface area contributed by atoms with Crippen LogP contribution in [0.3, 0.4) is 0 Å². The fourth-order valence-electron chi connectivity index (χ4n) is 3.44. The van der Waals surface area contributed by atoms with E-state index in [1.807, 2.05) is 54.4 Å². The molecule has 2 heterocycles. The number of hydrogen-bond acceptors (Lipinski definition) is 5. The van der Waals surface area contributed by atoms with E-state index in [0.29, 0.717) is 23.9 Å². The van der Waals surface area contributed by atoms with Crippen LogP contribution in [0.4, 0.5) is 23.8 Å². The largest absolute Gasteiger partial charge is 0.490 e. The van der Waals surface area contributed by atoms with Crippen LogP contribution >= 0.6 is 27.5 Å². The lowest BCUT2D eigenvalue weighted by Crippen LogP contribution is -2.49. The summed E-state index contributed by atoms with van der Waals surface area (Å²) in [6.07, 6.45) is -3.28. The molecule has 0 saturated carbocycles. The molecular formula is C24H24BrClF3N5O4. The van der Waals surface area contributed by atoms with Crippen molar-refractivity contribution in [3.63, 3.8) is 0 Å². The molecule has 2 amide bonds. The van der Waals surface area contributed by atoms with E-state index in [-0.39, 0.29) is 6.03 Å². The zero-order chi connectivity index (χ0) is 27.9. The number of urea groups is 1. The molecule has 0 atom stereocenters. The minimum atomic E-state index is -5.08. The Morgan fingerprint density at radius 1 is 1.11 bits per heavy atom. The van der Waals surface area contributed by atoms with Gasteiger partial charge in [-0.1, -0.05) is 23.7 Å². The highest BCUT2D eigenvalue weighted by molar-refractivity contribution is 9.10. The zero-order valence-electron chi connectivity index (χ0n) is 20.1. The van der Waals surface area contributed by atoms with Crippen molar-refractivity contribution in [1.82, 2.24) is 19.6 Å². The molecular weight excluding hydrogens is 595 g/mol. The lowest BCUT2D eigenvalue weighted by atomic mass is 10.2. The lowest BCUT2D eigenvalue weighted by molar-refractivity contribution is -0.192. The van der Waals surface area contributed by atoms with Crippen molar-refractivity contribution in [3.05, 3.63) is 69.8 Å². The van der Waals surface area contributed by atoms with Crippen LogP contribution in [0.2, 0.25) is 5.02 Å². The van der Waals surface area contributed by atoms with Crippen LogP contribution in [0.1, 0.15) is 5.56 Å². The van der Waals surface area contributed by atoms with Gasteiger partial charge in [0.15, 0.2) is 5.82 Å². The molecule has 2 aromatic carbocycles. The van der Waals surface area contributed by atoms with E-state index >= 15 is 0 Å². The SMILES string of the molecule is Cn1cc(Br)c(NC(=O)N2CCN(Cc3cccc(Oc4ccc(Cl)cc4)c3)CC2)n1.O=C(O)C(F)(F)F. The van der Waals surface area contributed by atoms with Gasteiger partial charge in [0.25, 0.3) is 0 Å². The fraction of sp³-hybridized carbons (Fsp3) is 0.292. The minimum Gasteiger partial charge on any atom is -0.475 e. The van der Waals surface area contributed by atoms with Gasteiger partial charge in [-0.2, -0.15) is 18.3 Å². The molecule has 0 aliphatic carbocycles. The minimum absolute atomic E-state index is 0.127. The van der Waals surface area contributed by atoms with Crippen molar-refractivity contribution in [2.45, 2.75) is 12.7 Å². The predicted octanol–water partition coefficient (Wildman–Crippen LogP) is 5.61. The summed E-state index contributed by atoms with van der Waals surface area (Å²) in [5, 5.41) is 14.9.